The highest BCUT2D eigenvalue weighted by molar-refractivity contribution is 6.30. The average molecular weight is 375 g/mol. The van der Waals surface area contributed by atoms with Crippen molar-refractivity contribution in [1.29, 1.82) is 5.26 Å². The smallest absolute Gasteiger partial charge is 0.235 e. The Morgan fingerprint density at radius 1 is 1.19 bits per heavy atom. The molecule has 0 saturated heterocycles. The first-order valence-corrected chi connectivity index (χ1v) is 8.72. The minimum atomic E-state index is -0.346. The fraction of sp³-hybridized carbons (Fsp3) is 0.0952. The molecule has 2 heterocycles. The van der Waals surface area contributed by atoms with E-state index in [1.807, 2.05) is 43.3 Å². The van der Waals surface area contributed by atoms with E-state index in [4.69, 9.17) is 22.1 Å². The number of pyridine rings is 1. The van der Waals surface area contributed by atoms with Gasteiger partial charge in [0.05, 0.1) is 12.3 Å². The fourth-order valence-electron chi connectivity index (χ4n) is 3.32. The summed E-state index contributed by atoms with van der Waals surface area (Å²) in [5, 5.41) is 11.4. The number of fused-ring (bicyclic) bond motifs is 3. The monoisotopic (exact) mass is 374 g/mol. The van der Waals surface area contributed by atoms with Crippen molar-refractivity contribution >= 4 is 28.8 Å². The number of ether oxygens (including phenoxy) is 1. The molecule has 1 atom stereocenters. The number of nitriles is 1. The fourth-order valence-corrected chi connectivity index (χ4v) is 3.44. The van der Waals surface area contributed by atoms with Gasteiger partial charge in [-0.05, 0) is 30.7 Å². The summed E-state index contributed by atoms with van der Waals surface area (Å²) in [6.45, 7) is 1.92. The van der Waals surface area contributed by atoms with E-state index in [-0.39, 0.29) is 11.8 Å². The van der Waals surface area contributed by atoms with Crippen LogP contribution in [0.1, 0.15) is 22.7 Å². The van der Waals surface area contributed by atoms with Crippen LogP contribution in [0.2, 0.25) is 5.02 Å². The number of hydrogen-bond donors (Lipinski definition) is 1. The zero-order valence-corrected chi connectivity index (χ0v) is 15.2. The van der Waals surface area contributed by atoms with Crippen LogP contribution in [0.4, 0.5) is 0 Å². The van der Waals surface area contributed by atoms with Crippen molar-refractivity contribution in [3.8, 4) is 11.8 Å². The Morgan fingerprint density at radius 3 is 2.63 bits per heavy atom. The van der Waals surface area contributed by atoms with Gasteiger partial charge in [-0.25, -0.2) is 9.98 Å². The van der Waals surface area contributed by atoms with Gasteiger partial charge < -0.3 is 10.5 Å². The molecule has 132 valence electrons. The van der Waals surface area contributed by atoms with Gasteiger partial charge in [0, 0.05) is 21.7 Å². The van der Waals surface area contributed by atoms with Crippen LogP contribution in [0.25, 0.3) is 10.9 Å². The van der Waals surface area contributed by atoms with Gasteiger partial charge in [-0.15, -0.1) is 0 Å². The number of hydrogen-bond acceptors (Lipinski definition) is 4. The Balaban J connectivity index is 2.04. The third-order valence-electron chi connectivity index (χ3n) is 4.53. The molecule has 4 rings (SSSR count). The van der Waals surface area contributed by atoms with Gasteiger partial charge in [0.15, 0.2) is 5.75 Å². The molecular formula is C21H15ClN4O. The molecule has 5 nitrogen and oxygen atoms in total. The molecular weight excluding hydrogens is 360 g/mol. The second-order valence-corrected chi connectivity index (χ2v) is 6.64. The molecule has 1 unspecified atom stereocenters. The predicted molar refractivity (Wildman–Crippen MR) is 106 cm³/mol. The van der Waals surface area contributed by atoms with Crippen LogP contribution in [-0.4, -0.2) is 11.3 Å². The maximum Gasteiger partial charge on any atom is 0.235 e. The summed E-state index contributed by atoms with van der Waals surface area (Å²) >= 11 is 6.04. The molecule has 1 aromatic heterocycles. The third kappa shape index (κ3) is 2.90. The second kappa shape index (κ2) is 6.75. The molecule has 0 aliphatic carbocycles. The number of allylic oxidation sites excluding steroid dienone is 1. The van der Waals surface area contributed by atoms with Crippen molar-refractivity contribution in [2.75, 3.05) is 0 Å². The summed E-state index contributed by atoms with van der Waals surface area (Å²) in [6.07, 6.45) is 1.13. The third-order valence-corrected chi connectivity index (χ3v) is 4.78. The summed E-state index contributed by atoms with van der Waals surface area (Å²) < 4.78 is 6.01. The number of halogens is 1. The molecule has 0 saturated carbocycles. The lowest BCUT2D eigenvalue weighted by molar-refractivity contribution is 0.399. The minimum Gasteiger partial charge on any atom is -0.435 e. The first kappa shape index (κ1) is 17.1. The SMILES string of the molecule is Cc1ccc2ccc3c(c2n1)OC(N=CN)=C(C#N)C3c1ccc(Cl)cc1. The van der Waals surface area contributed by atoms with E-state index in [0.717, 1.165) is 34.1 Å². The van der Waals surface area contributed by atoms with Crippen molar-refractivity contribution in [2.45, 2.75) is 12.8 Å². The Morgan fingerprint density at radius 2 is 1.93 bits per heavy atom. The number of aromatic nitrogens is 1. The highest BCUT2D eigenvalue weighted by Crippen LogP contribution is 2.46. The number of aliphatic imine (C=N–C) groups is 1. The van der Waals surface area contributed by atoms with Gasteiger partial charge in [-0.1, -0.05) is 41.9 Å². The maximum atomic E-state index is 9.81. The Bertz CT molecular complexity index is 1140. The van der Waals surface area contributed by atoms with E-state index in [1.165, 1.54) is 0 Å². The number of aryl methyl sites for hydroxylation is 1. The lowest BCUT2D eigenvalue weighted by Crippen LogP contribution is -2.16. The Hall–Kier alpha value is -3.36. The summed E-state index contributed by atoms with van der Waals surface area (Å²) in [7, 11) is 0. The largest absolute Gasteiger partial charge is 0.435 e. The van der Waals surface area contributed by atoms with Crippen LogP contribution in [0.3, 0.4) is 0 Å². The van der Waals surface area contributed by atoms with E-state index < -0.39 is 0 Å². The number of benzene rings is 2. The molecule has 1 aliphatic heterocycles. The van der Waals surface area contributed by atoms with Crippen LogP contribution in [0.5, 0.6) is 5.75 Å². The quantitative estimate of drug-likeness (QED) is 0.530. The Kier molecular flexibility index (Phi) is 4.27. The molecule has 0 radical (unpaired) electrons. The molecule has 2 N–H and O–H groups in total. The Labute approximate surface area is 161 Å². The lowest BCUT2D eigenvalue weighted by atomic mass is 9.83. The summed E-state index contributed by atoms with van der Waals surface area (Å²) in [4.78, 5) is 8.73. The second-order valence-electron chi connectivity index (χ2n) is 6.20. The number of nitrogens with two attached hydrogens (primary N) is 1. The van der Waals surface area contributed by atoms with E-state index in [0.29, 0.717) is 16.3 Å². The predicted octanol–water partition coefficient (Wildman–Crippen LogP) is 4.44. The molecule has 1 aliphatic rings. The van der Waals surface area contributed by atoms with E-state index in [1.54, 1.807) is 12.1 Å². The van der Waals surface area contributed by atoms with Gasteiger partial charge >= 0.3 is 0 Å². The number of nitrogens with zero attached hydrogens (tertiary/aromatic N) is 3. The summed E-state index contributed by atoms with van der Waals surface area (Å²) in [5.41, 5.74) is 9.25. The zero-order chi connectivity index (χ0) is 19.0. The highest BCUT2D eigenvalue weighted by atomic mass is 35.5. The van der Waals surface area contributed by atoms with Crippen molar-refractivity contribution in [2.24, 2.45) is 10.7 Å². The van der Waals surface area contributed by atoms with Gasteiger partial charge in [-0.2, -0.15) is 5.26 Å². The van der Waals surface area contributed by atoms with Crippen LogP contribution >= 0.6 is 11.6 Å². The maximum absolute atomic E-state index is 9.81. The molecule has 3 aromatic rings. The molecule has 27 heavy (non-hydrogen) atoms. The van der Waals surface area contributed by atoms with Crippen molar-refractivity contribution in [1.82, 2.24) is 4.98 Å². The van der Waals surface area contributed by atoms with Crippen LogP contribution in [-0.2, 0) is 0 Å². The first-order chi connectivity index (χ1) is 13.1. The first-order valence-electron chi connectivity index (χ1n) is 8.34. The molecule has 0 fully saturated rings. The van der Waals surface area contributed by atoms with Gasteiger partial charge in [-0.3, -0.25) is 0 Å². The van der Waals surface area contributed by atoms with E-state index >= 15 is 0 Å². The van der Waals surface area contributed by atoms with Gasteiger partial charge in [0.2, 0.25) is 5.88 Å². The van der Waals surface area contributed by atoms with Gasteiger partial charge in [0.1, 0.15) is 17.2 Å². The van der Waals surface area contributed by atoms with Crippen LogP contribution < -0.4 is 10.5 Å². The van der Waals surface area contributed by atoms with Crippen LogP contribution in [0.15, 0.2) is 65.0 Å². The molecule has 6 heteroatoms. The number of rotatable bonds is 2. The molecule has 0 bridgehead atoms. The van der Waals surface area contributed by atoms with E-state index in [9.17, 15) is 5.26 Å². The lowest BCUT2D eigenvalue weighted by Gasteiger charge is -2.27. The standard InChI is InChI=1S/C21H15ClN4O/c1-12-2-3-14-6-9-16-18(13-4-7-15(22)8-5-13)17(10-23)21(25-11-24)27-20(16)19(14)26-12/h2-9,11,18H,1H3,(H2,24,25). The molecule has 2 aromatic carbocycles. The summed E-state index contributed by atoms with van der Waals surface area (Å²) in [6, 6.07) is 17.5. The molecule has 0 amide bonds. The average Bonchev–Trinajstić information content (AvgIpc) is 2.68. The minimum absolute atomic E-state index is 0.184. The summed E-state index contributed by atoms with van der Waals surface area (Å²) in [5.74, 6) is 0.431. The topological polar surface area (TPSA) is 84.3 Å². The van der Waals surface area contributed by atoms with Crippen molar-refractivity contribution < 1.29 is 4.74 Å². The van der Waals surface area contributed by atoms with Crippen molar-refractivity contribution in [3.05, 3.63) is 81.8 Å². The van der Waals surface area contributed by atoms with Gasteiger partial charge in [0.25, 0.3) is 0 Å². The molecule has 0 spiro atoms. The van der Waals surface area contributed by atoms with Crippen molar-refractivity contribution in [3.63, 3.8) is 0 Å². The van der Waals surface area contributed by atoms with Crippen LogP contribution in [0, 0.1) is 18.3 Å². The van der Waals surface area contributed by atoms with E-state index in [2.05, 4.69) is 16.0 Å². The highest BCUT2D eigenvalue weighted by Gasteiger charge is 2.33. The zero-order valence-electron chi connectivity index (χ0n) is 14.5. The normalized spacial score (nSPS) is 16.3.